The molecular formula is C20H31N3O4. The van der Waals surface area contributed by atoms with Crippen LogP contribution in [0.1, 0.15) is 46.1 Å². The van der Waals surface area contributed by atoms with Crippen LogP contribution in [0, 0.1) is 11.8 Å². The van der Waals surface area contributed by atoms with Crippen molar-refractivity contribution in [1.82, 2.24) is 10.6 Å². The van der Waals surface area contributed by atoms with Gasteiger partial charge in [-0.05, 0) is 23.8 Å². The van der Waals surface area contributed by atoms with Crippen molar-refractivity contribution in [2.45, 2.75) is 59.2 Å². The number of primary amides is 1. The van der Waals surface area contributed by atoms with Crippen molar-refractivity contribution in [2.24, 2.45) is 17.6 Å². The summed E-state index contributed by atoms with van der Waals surface area (Å²) in [6.45, 7) is 7.75. The number of carbonyl (C=O) groups excluding carboxylic acids is 3. The van der Waals surface area contributed by atoms with Gasteiger partial charge in [0.15, 0.2) is 0 Å². The summed E-state index contributed by atoms with van der Waals surface area (Å²) < 4.78 is 5.19. The Balaban J connectivity index is 2.71. The third-order valence-electron chi connectivity index (χ3n) is 4.35. The molecule has 3 amide bonds. The molecule has 0 heterocycles. The van der Waals surface area contributed by atoms with Gasteiger partial charge in [0.05, 0.1) is 0 Å². The number of alkyl carbamates (subject to hydrolysis) is 1. The molecular weight excluding hydrogens is 346 g/mol. The standard InChI is InChI=1S/C20H31N3O4/c1-5-14(4)17(18(21)24)23-19(25)16(11-13(2)3)22-20(26)27-12-15-9-7-6-8-10-15/h6-10,13-14,16-17H,5,11-12H2,1-4H3,(H2,21,24)(H,22,26)(H,23,25). The quantitative estimate of drug-likeness (QED) is 0.581. The molecule has 0 spiro atoms. The molecule has 0 saturated carbocycles. The molecule has 7 heteroatoms. The van der Waals surface area contributed by atoms with Gasteiger partial charge in [-0.25, -0.2) is 4.79 Å². The highest BCUT2D eigenvalue weighted by molar-refractivity contribution is 5.90. The van der Waals surface area contributed by atoms with Crippen LogP contribution in [0.15, 0.2) is 30.3 Å². The van der Waals surface area contributed by atoms with Crippen LogP contribution in [-0.2, 0) is 20.9 Å². The van der Waals surface area contributed by atoms with Gasteiger partial charge in [-0.1, -0.05) is 64.4 Å². The zero-order valence-electron chi connectivity index (χ0n) is 16.5. The molecule has 150 valence electrons. The van der Waals surface area contributed by atoms with E-state index in [0.717, 1.165) is 5.56 Å². The number of ether oxygens (including phenoxy) is 1. The van der Waals surface area contributed by atoms with Crippen molar-refractivity contribution in [3.05, 3.63) is 35.9 Å². The predicted molar refractivity (Wildman–Crippen MR) is 104 cm³/mol. The molecule has 4 N–H and O–H groups in total. The van der Waals surface area contributed by atoms with Crippen molar-refractivity contribution in [3.8, 4) is 0 Å². The maximum absolute atomic E-state index is 12.6. The van der Waals surface area contributed by atoms with E-state index in [-0.39, 0.29) is 18.4 Å². The summed E-state index contributed by atoms with van der Waals surface area (Å²) in [6, 6.07) is 7.68. The summed E-state index contributed by atoms with van der Waals surface area (Å²) in [5.74, 6) is -0.973. The molecule has 0 fully saturated rings. The lowest BCUT2D eigenvalue weighted by molar-refractivity contribution is -0.129. The average Bonchev–Trinajstić information content (AvgIpc) is 2.63. The highest BCUT2D eigenvalue weighted by Gasteiger charge is 2.29. The lowest BCUT2D eigenvalue weighted by Crippen LogP contribution is -2.55. The molecule has 7 nitrogen and oxygen atoms in total. The fraction of sp³-hybridized carbons (Fsp3) is 0.550. The summed E-state index contributed by atoms with van der Waals surface area (Å²) in [4.78, 5) is 36.4. The normalized spacial score (nSPS) is 14.1. The molecule has 0 aliphatic heterocycles. The van der Waals surface area contributed by atoms with E-state index in [4.69, 9.17) is 10.5 Å². The van der Waals surface area contributed by atoms with E-state index in [9.17, 15) is 14.4 Å². The van der Waals surface area contributed by atoms with Gasteiger partial charge in [0.25, 0.3) is 0 Å². The van der Waals surface area contributed by atoms with Gasteiger partial charge in [0.1, 0.15) is 18.7 Å². The minimum Gasteiger partial charge on any atom is -0.445 e. The van der Waals surface area contributed by atoms with Crippen LogP contribution in [0.3, 0.4) is 0 Å². The maximum atomic E-state index is 12.6. The van der Waals surface area contributed by atoms with Crippen LogP contribution in [0.4, 0.5) is 4.79 Å². The Kier molecular flexibility index (Phi) is 9.33. The summed E-state index contributed by atoms with van der Waals surface area (Å²) in [6.07, 6.45) is 0.423. The second-order valence-electron chi connectivity index (χ2n) is 7.16. The Morgan fingerprint density at radius 2 is 1.70 bits per heavy atom. The van der Waals surface area contributed by atoms with Crippen molar-refractivity contribution < 1.29 is 19.1 Å². The molecule has 0 aliphatic rings. The molecule has 0 aromatic heterocycles. The van der Waals surface area contributed by atoms with Gasteiger partial charge in [-0.3, -0.25) is 9.59 Å². The van der Waals surface area contributed by atoms with Gasteiger partial charge in [0.2, 0.25) is 11.8 Å². The number of carbonyl (C=O) groups is 3. The molecule has 1 aromatic rings. The van der Waals surface area contributed by atoms with Gasteiger partial charge >= 0.3 is 6.09 Å². The van der Waals surface area contributed by atoms with Gasteiger partial charge in [-0.2, -0.15) is 0 Å². The first kappa shape index (κ1) is 22.5. The molecule has 0 radical (unpaired) electrons. The van der Waals surface area contributed by atoms with E-state index in [1.165, 1.54) is 0 Å². The number of rotatable bonds is 10. The van der Waals surface area contributed by atoms with Crippen LogP contribution in [0.2, 0.25) is 0 Å². The number of amides is 3. The minimum absolute atomic E-state index is 0.101. The van der Waals surface area contributed by atoms with Gasteiger partial charge < -0.3 is 21.1 Å². The van der Waals surface area contributed by atoms with Crippen molar-refractivity contribution in [2.75, 3.05) is 0 Å². The predicted octanol–water partition coefficient (Wildman–Crippen LogP) is 2.34. The molecule has 3 atom stereocenters. The lowest BCUT2D eigenvalue weighted by atomic mass is 9.97. The number of nitrogens with two attached hydrogens (primary N) is 1. The van der Waals surface area contributed by atoms with E-state index in [2.05, 4.69) is 10.6 Å². The van der Waals surface area contributed by atoms with E-state index >= 15 is 0 Å². The summed E-state index contributed by atoms with van der Waals surface area (Å²) >= 11 is 0. The molecule has 3 unspecified atom stereocenters. The third-order valence-corrected chi connectivity index (χ3v) is 4.35. The Morgan fingerprint density at radius 3 is 2.22 bits per heavy atom. The SMILES string of the molecule is CCC(C)C(NC(=O)C(CC(C)C)NC(=O)OCc1ccccc1)C(N)=O. The molecule has 27 heavy (non-hydrogen) atoms. The first-order chi connectivity index (χ1) is 12.7. The third kappa shape index (κ3) is 8.11. The largest absolute Gasteiger partial charge is 0.445 e. The van der Waals surface area contributed by atoms with Crippen LogP contribution in [0.25, 0.3) is 0 Å². The van der Waals surface area contributed by atoms with Gasteiger partial charge in [-0.15, -0.1) is 0 Å². The summed E-state index contributed by atoms with van der Waals surface area (Å²) in [7, 11) is 0. The van der Waals surface area contributed by atoms with Crippen LogP contribution >= 0.6 is 0 Å². The number of benzene rings is 1. The van der Waals surface area contributed by atoms with E-state index in [0.29, 0.717) is 12.8 Å². The van der Waals surface area contributed by atoms with Crippen LogP contribution in [0.5, 0.6) is 0 Å². The average molecular weight is 377 g/mol. The lowest BCUT2D eigenvalue weighted by Gasteiger charge is -2.25. The van der Waals surface area contributed by atoms with E-state index in [1.807, 2.05) is 58.0 Å². The monoisotopic (exact) mass is 377 g/mol. The van der Waals surface area contributed by atoms with Crippen molar-refractivity contribution >= 4 is 17.9 Å². The van der Waals surface area contributed by atoms with E-state index in [1.54, 1.807) is 0 Å². The topological polar surface area (TPSA) is 111 Å². The maximum Gasteiger partial charge on any atom is 0.408 e. The Bertz CT molecular complexity index is 619. The minimum atomic E-state index is -0.806. The first-order valence-corrected chi connectivity index (χ1v) is 9.31. The Morgan fingerprint density at radius 1 is 1.07 bits per heavy atom. The van der Waals surface area contributed by atoms with Crippen molar-refractivity contribution in [3.63, 3.8) is 0 Å². The number of hydrogen-bond acceptors (Lipinski definition) is 4. The highest BCUT2D eigenvalue weighted by atomic mass is 16.5. The van der Waals surface area contributed by atoms with Gasteiger partial charge in [0, 0.05) is 0 Å². The number of nitrogens with one attached hydrogen (secondary N) is 2. The fourth-order valence-electron chi connectivity index (χ4n) is 2.59. The number of hydrogen-bond donors (Lipinski definition) is 3. The van der Waals surface area contributed by atoms with E-state index < -0.39 is 30.0 Å². The van der Waals surface area contributed by atoms with Crippen LogP contribution < -0.4 is 16.4 Å². The molecule has 0 aliphatic carbocycles. The second kappa shape index (κ2) is 11.2. The second-order valence-corrected chi connectivity index (χ2v) is 7.16. The van der Waals surface area contributed by atoms with Crippen LogP contribution in [-0.4, -0.2) is 30.0 Å². The molecule has 0 saturated heterocycles. The first-order valence-electron chi connectivity index (χ1n) is 9.31. The Labute approximate surface area is 161 Å². The van der Waals surface area contributed by atoms with Crippen molar-refractivity contribution in [1.29, 1.82) is 0 Å². The zero-order valence-corrected chi connectivity index (χ0v) is 16.5. The zero-order chi connectivity index (χ0) is 20.4. The molecule has 1 rings (SSSR count). The smallest absolute Gasteiger partial charge is 0.408 e. The fourth-order valence-corrected chi connectivity index (χ4v) is 2.59. The molecule has 0 bridgehead atoms. The Hall–Kier alpha value is -2.57. The summed E-state index contributed by atoms with van der Waals surface area (Å²) in [5.41, 5.74) is 6.26. The summed E-state index contributed by atoms with van der Waals surface area (Å²) in [5, 5.41) is 5.26. The highest BCUT2D eigenvalue weighted by Crippen LogP contribution is 2.10. The molecule has 1 aromatic carbocycles.